The van der Waals surface area contributed by atoms with Crippen LogP contribution in [0.3, 0.4) is 0 Å². The summed E-state index contributed by atoms with van der Waals surface area (Å²) in [6.45, 7) is 1.28. The molecule has 0 bridgehead atoms. The lowest BCUT2D eigenvalue weighted by Crippen LogP contribution is -2.36. The quantitative estimate of drug-likeness (QED) is 0.742. The van der Waals surface area contributed by atoms with E-state index in [4.69, 9.17) is 0 Å². The number of hydrogen-bond donors (Lipinski definition) is 1. The first-order valence-electron chi connectivity index (χ1n) is 6.98. The molecule has 0 fully saturated rings. The highest BCUT2D eigenvalue weighted by Crippen LogP contribution is 2.21. The van der Waals surface area contributed by atoms with Crippen molar-refractivity contribution in [2.45, 2.75) is 13.0 Å². The molecule has 1 aliphatic heterocycles. The molecule has 1 amide bonds. The van der Waals surface area contributed by atoms with Crippen LogP contribution in [0.2, 0.25) is 0 Å². The zero-order chi connectivity index (χ0) is 14.2. The first kappa shape index (κ1) is 12.1. The number of fused-ring (bicyclic) bond motifs is 2. The van der Waals surface area contributed by atoms with Gasteiger partial charge in [-0.2, -0.15) is 5.10 Å². The van der Waals surface area contributed by atoms with E-state index in [0.29, 0.717) is 18.8 Å². The average Bonchev–Trinajstić information content (AvgIpc) is 2.98. The third kappa shape index (κ3) is 1.98. The van der Waals surface area contributed by atoms with Crippen LogP contribution in [0.4, 0.5) is 0 Å². The molecule has 0 saturated heterocycles. The summed E-state index contributed by atoms with van der Waals surface area (Å²) in [5.74, 6) is -0.0260. The van der Waals surface area contributed by atoms with Crippen LogP contribution in [-0.4, -0.2) is 32.5 Å². The van der Waals surface area contributed by atoms with Gasteiger partial charge in [0.1, 0.15) is 0 Å². The van der Waals surface area contributed by atoms with Crippen LogP contribution >= 0.6 is 0 Å². The minimum Gasteiger partial charge on any atom is -0.332 e. The Bertz CT molecular complexity index is 824. The second kappa shape index (κ2) is 4.70. The topological polar surface area (TPSA) is 61.9 Å². The van der Waals surface area contributed by atoms with Gasteiger partial charge in [0, 0.05) is 36.8 Å². The summed E-state index contributed by atoms with van der Waals surface area (Å²) in [6, 6.07) is 11.6. The van der Waals surface area contributed by atoms with E-state index < -0.39 is 0 Å². The maximum atomic E-state index is 12.7. The van der Waals surface area contributed by atoms with Crippen molar-refractivity contribution in [1.29, 1.82) is 0 Å². The molecule has 1 aliphatic rings. The van der Waals surface area contributed by atoms with Gasteiger partial charge < -0.3 is 4.90 Å². The van der Waals surface area contributed by atoms with Crippen molar-refractivity contribution in [2.24, 2.45) is 0 Å². The Balaban J connectivity index is 1.67. The van der Waals surface area contributed by atoms with Crippen LogP contribution in [0.1, 0.15) is 21.7 Å². The molecule has 5 heteroatoms. The number of para-hydroxylation sites is 1. The maximum absolute atomic E-state index is 12.7. The van der Waals surface area contributed by atoms with E-state index >= 15 is 0 Å². The molecular formula is C16H14N4O. The third-order valence-electron chi connectivity index (χ3n) is 3.92. The summed E-state index contributed by atoms with van der Waals surface area (Å²) in [5.41, 5.74) is 3.60. The number of nitrogens with one attached hydrogen (secondary N) is 1. The number of H-pyrrole nitrogens is 1. The van der Waals surface area contributed by atoms with Gasteiger partial charge in [-0.15, -0.1) is 0 Å². The number of rotatable bonds is 1. The molecule has 2 aromatic heterocycles. The highest BCUT2D eigenvalue weighted by molar-refractivity contribution is 6.04. The standard InChI is InChI=1S/C16H14N4O/c21-16(15-12-5-1-2-6-14(12)18-19-15)20-9-7-13-11(10-20)4-3-8-17-13/h1-6,8H,7,9-10H2,(H,18,19). The maximum Gasteiger partial charge on any atom is 0.275 e. The second-order valence-corrected chi connectivity index (χ2v) is 5.20. The van der Waals surface area contributed by atoms with E-state index in [1.54, 1.807) is 6.20 Å². The van der Waals surface area contributed by atoms with Crippen molar-refractivity contribution in [3.8, 4) is 0 Å². The van der Waals surface area contributed by atoms with Crippen LogP contribution in [0.25, 0.3) is 10.9 Å². The Morgan fingerprint density at radius 2 is 2.10 bits per heavy atom. The van der Waals surface area contributed by atoms with E-state index in [1.807, 2.05) is 41.3 Å². The number of aromatic nitrogens is 3. The van der Waals surface area contributed by atoms with Crippen molar-refractivity contribution >= 4 is 16.8 Å². The van der Waals surface area contributed by atoms with E-state index in [-0.39, 0.29) is 5.91 Å². The van der Waals surface area contributed by atoms with Crippen LogP contribution < -0.4 is 0 Å². The summed E-state index contributed by atoms with van der Waals surface area (Å²) < 4.78 is 0. The Morgan fingerprint density at radius 3 is 3.05 bits per heavy atom. The number of carbonyl (C=O) groups is 1. The SMILES string of the molecule is O=C(c1n[nH]c2ccccc12)N1CCc2ncccc2C1. The van der Waals surface area contributed by atoms with Gasteiger partial charge in [-0.3, -0.25) is 14.9 Å². The molecule has 0 unspecified atom stereocenters. The highest BCUT2D eigenvalue weighted by atomic mass is 16.2. The van der Waals surface area contributed by atoms with Crippen molar-refractivity contribution < 1.29 is 4.79 Å². The van der Waals surface area contributed by atoms with Crippen LogP contribution in [-0.2, 0) is 13.0 Å². The molecule has 0 saturated carbocycles. The molecule has 3 heterocycles. The summed E-state index contributed by atoms with van der Waals surface area (Å²) >= 11 is 0. The Kier molecular flexibility index (Phi) is 2.70. The van der Waals surface area contributed by atoms with Gasteiger partial charge in [-0.1, -0.05) is 24.3 Å². The number of hydrogen-bond acceptors (Lipinski definition) is 3. The van der Waals surface area contributed by atoms with Gasteiger partial charge >= 0.3 is 0 Å². The van der Waals surface area contributed by atoms with Gasteiger partial charge in [-0.25, -0.2) is 0 Å². The Labute approximate surface area is 121 Å². The predicted molar refractivity (Wildman–Crippen MR) is 78.8 cm³/mol. The molecule has 1 N–H and O–H groups in total. The molecule has 21 heavy (non-hydrogen) atoms. The lowest BCUT2D eigenvalue weighted by atomic mass is 10.1. The number of benzene rings is 1. The van der Waals surface area contributed by atoms with Gasteiger partial charge in [-0.05, 0) is 17.7 Å². The molecular weight excluding hydrogens is 264 g/mol. The Morgan fingerprint density at radius 1 is 1.19 bits per heavy atom. The predicted octanol–water partition coefficient (Wildman–Crippen LogP) is 2.16. The summed E-state index contributed by atoms with van der Waals surface area (Å²) in [4.78, 5) is 18.9. The molecule has 1 aromatic carbocycles. The molecule has 0 radical (unpaired) electrons. The number of carbonyl (C=O) groups excluding carboxylic acids is 1. The van der Waals surface area contributed by atoms with Crippen molar-refractivity contribution in [3.63, 3.8) is 0 Å². The zero-order valence-electron chi connectivity index (χ0n) is 11.4. The van der Waals surface area contributed by atoms with Crippen molar-refractivity contribution in [1.82, 2.24) is 20.1 Å². The summed E-state index contributed by atoms with van der Waals surface area (Å²) in [5, 5.41) is 7.99. The number of aromatic amines is 1. The van der Waals surface area contributed by atoms with Crippen molar-refractivity contribution in [3.05, 3.63) is 59.5 Å². The van der Waals surface area contributed by atoms with E-state index in [1.165, 1.54) is 0 Å². The molecule has 5 nitrogen and oxygen atoms in total. The summed E-state index contributed by atoms with van der Waals surface area (Å²) in [7, 11) is 0. The van der Waals surface area contributed by atoms with Crippen LogP contribution in [0, 0.1) is 0 Å². The third-order valence-corrected chi connectivity index (χ3v) is 3.92. The fraction of sp³-hybridized carbons (Fsp3) is 0.188. The monoisotopic (exact) mass is 278 g/mol. The lowest BCUT2D eigenvalue weighted by molar-refractivity contribution is 0.0729. The van der Waals surface area contributed by atoms with Crippen LogP contribution in [0.15, 0.2) is 42.6 Å². The number of pyridine rings is 1. The molecule has 104 valence electrons. The van der Waals surface area contributed by atoms with Gasteiger partial charge in [0.05, 0.1) is 5.52 Å². The fourth-order valence-corrected chi connectivity index (χ4v) is 2.82. The minimum atomic E-state index is -0.0260. The van der Waals surface area contributed by atoms with Gasteiger partial charge in [0.25, 0.3) is 5.91 Å². The van der Waals surface area contributed by atoms with E-state index in [2.05, 4.69) is 15.2 Å². The molecule has 3 aromatic rings. The molecule has 0 spiro atoms. The largest absolute Gasteiger partial charge is 0.332 e. The normalized spacial score (nSPS) is 14.2. The van der Waals surface area contributed by atoms with E-state index in [9.17, 15) is 4.79 Å². The first-order chi connectivity index (χ1) is 10.3. The molecule has 4 rings (SSSR count). The molecule has 0 atom stereocenters. The fourth-order valence-electron chi connectivity index (χ4n) is 2.82. The zero-order valence-corrected chi connectivity index (χ0v) is 11.4. The van der Waals surface area contributed by atoms with Crippen LogP contribution in [0.5, 0.6) is 0 Å². The van der Waals surface area contributed by atoms with Crippen molar-refractivity contribution in [2.75, 3.05) is 6.54 Å². The molecule has 0 aliphatic carbocycles. The Hall–Kier alpha value is -2.69. The highest BCUT2D eigenvalue weighted by Gasteiger charge is 2.25. The summed E-state index contributed by atoms with van der Waals surface area (Å²) in [6.07, 6.45) is 2.60. The van der Waals surface area contributed by atoms with E-state index in [0.717, 1.165) is 28.6 Å². The number of nitrogens with zero attached hydrogens (tertiary/aromatic N) is 3. The second-order valence-electron chi connectivity index (χ2n) is 5.20. The smallest absolute Gasteiger partial charge is 0.275 e. The minimum absolute atomic E-state index is 0.0260. The number of amides is 1. The van der Waals surface area contributed by atoms with Gasteiger partial charge in [0.15, 0.2) is 5.69 Å². The lowest BCUT2D eigenvalue weighted by Gasteiger charge is -2.27. The first-order valence-corrected chi connectivity index (χ1v) is 6.98. The van der Waals surface area contributed by atoms with Gasteiger partial charge in [0.2, 0.25) is 0 Å². The average molecular weight is 278 g/mol.